The monoisotopic (exact) mass is 515 g/mol. The van der Waals surface area contributed by atoms with Crippen LogP contribution in [0.3, 0.4) is 0 Å². The second-order valence-electron chi connectivity index (χ2n) is 10.4. The van der Waals surface area contributed by atoms with E-state index in [9.17, 15) is 0 Å². The molecule has 1 aromatic heterocycles. The van der Waals surface area contributed by atoms with E-state index < -0.39 is 0 Å². The van der Waals surface area contributed by atoms with Crippen molar-refractivity contribution in [3.8, 4) is 11.5 Å². The summed E-state index contributed by atoms with van der Waals surface area (Å²) in [4.78, 5) is 4.88. The first kappa shape index (κ1) is 29.7. The number of ether oxygens (including phenoxy) is 2. The summed E-state index contributed by atoms with van der Waals surface area (Å²) < 4.78 is 12.0. The maximum absolute atomic E-state index is 6.08. The topological polar surface area (TPSA) is 31.4 Å². The highest BCUT2D eigenvalue weighted by atomic mass is 16.5. The minimum atomic E-state index is 0.745. The lowest BCUT2D eigenvalue weighted by atomic mass is 10.1. The van der Waals surface area contributed by atoms with E-state index in [1.54, 1.807) is 0 Å². The van der Waals surface area contributed by atoms with Crippen molar-refractivity contribution in [2.45, 2.75) is 104 Å². The van der Waals surface area contributed by atoms with Crippen molar-refractivity contribution in [1.29, 1.82) is 0 Å². The highest BCUT2D eigenvalue weighted by Gasteiger charge is 2.04. The number of nitrogens with zero attached hydrogens (tertiary/aromatic N) is 1. The summed E-state index contributed by atoms with van der Waals surface area (Å²) >= 11 is 0. The Bertz CT molecular complexity index is 1060. The van der Waals surface area contributed by atoms with Crippen LogP contribution in [0.5, 0.6) is 11.5 Å². The average molecular weight is 516 g/mol. The van der Waals surface area contributed by atoms with Gasteiger partial charge in [0.25, 0.3) is 0 Å². The minimum Gasteiger partial charge on any atom is -0.494 e. The van der Waals surface area contributed by atoms with Gasteiger partial charge in [0.1, 0.15) is 17.0 Å². The first-order chi connectivity index (χ1) is 18.8. The van der Waals surface area contributed by atoms with Crippen LogP contribution in [0.1, 0.15) is 115 Å². The molecule has 0 aliphatic heterocycles. The highest BCUT2D eigenvalue weighted by molar-refractivity contribution is 5.86. The number of hydrogen-bond acceptors (Lipinski definition) is 3. The Morgan fingerprint density at radius 2 is 1.18 bits per heavy atom. The van der Waals surface area contributed by atoms with E-state index in [1.165, 1.54) is 77.0 Å². The Kier molecular flexibility index (Phi) is 14.4. The Labute approximate surface area is 231 Å². The molecule has 206 valence electrons. The van der Waals surface area contributed by atoms with Gasteiger partial charge in [-0.15, -0.1) is 0 Å². The summed E-state index contributed by atoms with van der Waals surface area (Å²) in [7, 11) is 0. The first-order valence-corrected chi connectivity index (χ1v) is 15.2. The summed E-state index contributed by atoms with van der Waals surface area (Å²) in [6.45, 7) is 6.05. The first-order valence-electron chi connectivity index (χ1n) is 15.2. The van der Waals surface area contributed by atoms with Crippen LogP contribution in [0.4, 0.5) is 0 Å². The van der Waals surface area contributed by atoms with Crippen molar-refractivity contribution in [3.05, 3.63) is 65.9 Å². The largest absolute Gasteiger partial charge is 0.494 e. The second kappa shape index (κ2) is 18.4. The van der Waals surface area contributed by atoms with Gasteiger partial charge in [0.15, 0.2) is 0 Å². The van der Waals surface area contributed by atoms with Crippen molar-refractivity contribution in [3.63, 3.8) is 0 Å². The second-order valence-corrected chi connectivity index (χ2v) is 10.4. The van der Waals surface area contributed by atoms with Gasteiger partial charge in [-0.25, -0.2) is 4.98 Å². The molecule has 3 heteroatoms. The van der Waals surface area contributed by atoms with Gasteiger partial charge >= 0.3 is 0 Å². The van der Waals surface area contributed by atoms with Gasteiger partial charge in [0.05, 0.1) is 18.9 Å². The molecule has 0 aliphatic carbocycles. The van der Waals surface area contributed by atoms with Crippen LogP contribution in [0.2, 0.25) is 0 Å². The van der Waals surface area contributed by atoms with Gasteiger partial charge in [-0.3, -0.25) is 0 Å². The molecule has 1 heterocycles. The number of para-hydroxylation sites is 1. The van der Waals surface area contributed by atoms with E-state index in [0.29, 0.717) is 0 Å². The van der Waals surface area contributed by atoms with Crippen LogP contribution < -0.4 is 9.47 Å². The lowest BCUT2D eigenvalue weighted by Gasteiger charge is -2.09. The molecule has 2 aromatic carbocycles. The summed E-state index contributed by atoms with van der Waals surface area (Å²) in [5, 5.41) is 1.11. The Morgan fingerprint density at radius 1 is 0.579 bits per heavy atom. The highest BCUT2D eigenvalue weighted by Crippen LogP contribution is 2.25. The van der Waals surface area contributed by atoms with Crippen molar-refractivity contribution in [2.75, 3.05) is 13.2 Å². The predicted octanol–water partition coefficient (Wildman–Crippen LogP) is 10.7. The molecule has 0 fully saturated rings. The zero-order chi connectivity index (χ0) is 26.7. The van der Waals surface area contributed by atoms with Gasteiger partial charge < -0.3 is 9.47 Å². The van der Waals surface area contributed by atoms with E-state index in [2.05, 4.69) is 68.5 Å². The fourth-order valence-corrected chi connectivity index (χ4v) is 4.69. The Hall–Kier alpha value is -2.81. The third-order valence-corrected chi connectivity index (χ3v) is 7.05. The molecule has 38 heavy (non-hydrogen) atoms. The molecule has 0 spiro atoms. The molecular formula is C35H49NO2. The molecule has 3 rings (SSSR count). The molecule has 0 unspecified atom stereocenters. The van der Waals surface area contributed by atoms with E-state index in [1.807, 2.05) is 12.1 Å². The van der Waals surface area contributed by atoms with E-state index in [0.717, 1.165) is 59.7 Å². The maximum Gasteiger partial charge on any atom is 0.145 e. The van der Waals surface area contributed by atoms with Crippen LogP contribution in [0, 0.1) is 0 Å². The third-order valence-electron chi connectivity index (χ3n) is 7.05. The molecule has 0 saturated carbocycles. The summed E-state index contributed by atoms with van der Waals surface area (Å²) in [5.41, 5.74) is 3.00. The standard InChI is InChI=1S/C35H49NO2/c1-3-5-7-9-10-11-12-13-14-16-28-37-33-26-21-30(22-27-33)20-24-32-25-23-31-18-17-19-34(35(31)36-32)38-29-15-8-6-4-2/h17-27H,3-16,28-29H2,1-2H3/b24-20-. The van der Waals surface area contributed by atoms with Crippen molar-refractivity contribution < 1.29 is 9.47 Å². The number of hydrogen-bond donors (Lipinski definition) is 0. The van der Waals surface area contributed by atoms with Crippen LogP contribution >= 0.6 is 0 Å². The van der Waals surface area contributed by atoms with Crippen LogP contribution in [0.25, 0.3) is 23.1 Å². The van der Waals surface area contributed by atoms with Crippen LogP contribution in [0.15, 0.2) is 54.6 Å². The van der Waals surface area contributed by atoms with Crippen molar-refractivity contribution >= 4 is 23.1 Å². The number of fused-ring (bicyclic) bond motifs is 1. The third kappa shape index (κ3) is 11.3. The SMILES string of the molecule is CCCCCCCCCCCCOc1ccc(/C=C\c2ccc3cccc(OCCCCCC)c3n2)cc1. The van der Waals surface area contributed by atoms with E-state index in [4.69, 9.17) is 14.5 Å². The molecule has 0 amide bonds. The lowest BCUT2D eigenvalue weighted by Crippen LogP contribution is -1.99. The van der Waals surface area contributed by atoms with Gasteiger partial charge in [-0.1, -0.05) is 127 Å². The Morgan fingerprint density at radius 3 is 1.87 bits per heavy atom. The number of aromatic nitrogens is 1. The molecular weight excluding hydrogens is 466 g/mol. The summed E-state index contributed by atoms with van der Waals surface area (Å²) in [5.74, 6) is 1.82. The lowest BCUT2D eigenvalue weighted by molar-refractivity contribution is 0.304. The molecule has 0 N–H and O–H groups in total. The molecule has 3 aromatic rings. The number of unbranched alkanes of at least 4 members (excludes halogenated alkanes) is 12. The maximum atomic E-state index is 6.08. The fraction of sp³-hybridized carbons (Fsp3) is 0.514. The number of pyridine rings is 1. The molecule has 0 aliphatic rings. The number of rotatable bonds is 20. The zero-order valence-corrected chi connectivity index (χ0v) is 23.9. The molecule has 0 saturated heterocycles. The van der Waals surface area contributed by atoms with Gasteiger partial charge in [0.2, 0.25) is 0 Å². The molecule has 3 nitrogen and oxygen atoms in total. The fourth-order valence-electron chi connectivity index (χ4n) is 4.69. The average Bonchev–Trinajstić information content (AvgIpc) is 2.95. The Balaban J connectivity index is 1.40. The quantitative estimate of drug-likeness (QED) is 0.140. The van der Waals surface area contributed by atoms with Crippen molar-refractivity contribution in [2.24, 2.45) is 0 Å². The molecule has 0 atom stereocenters. The normalized spacial score (nSPS) is 11.4. The van der Waals surface area contributed by atoms with Gasteiger partial charge in [-0.05, 0) is 48.7 Å². The summed E-state index contributed by atoms with van der Waals surface area (Å²) in [6.07, 6.45) is 22.4. The molecule has 0 radical (unpaired) electrons. The van der Waals surface area contributed by atoms with Crippen LogP contribution in [-0.4, -0.2) is 18.2 Å². The van der Waals surface area contributed by atoms with E-state index in [-0.39, 0.29) is 0 Å². The predicted molar refractivity (Wildman–Crippen MR) is 164 cm³/mol. The smallest absolute Gasteiger partial charge is 0.145 e. The minimum absolute atomic E-state index is 0.745. The van der Waals surface area contributed by atoms with Crippen LogP contribution in [-0.2, 0) is 0 Å². The number of benzene rings is 2. The van der Waals surface area contributed by atoms with Gasteiger partial charge in [0, 0.05) is 5.39 Å². The van der Waals surface area contributed by atoms with Crippen molar-refractivity contribution in [1.82, 2.24) is 4.98 Å². The zero-order valence-electron chi connectivity index (χ0n) is 23.9. The molecule has 0 bridgehead atoms. The summed E-state index contributed by atoms with van der Waals surface area (Å²) in [6, 6.07) is 18.7. The van der Waals surface area contributed by atoms with E-state index >= 15 is 0 Å². The van der Waals surface area contributed by atoms with Gasteiger partial charge in [-0.2, -0.15) is 0 Å².